The van der Waals surface area contributed by atoms with Gasteiger partial charge in [0.15, 0.2) is 5.78 Å². The van der Waals surface area contributed by atoms with Crippen molar-refractivity contribution in [1.82, 2.24) is 0 Å². The van der Waals surface area contributed by atoms with Gasteiger partial charge in [0, 0.05) is 5.92 Å². The lowest BCUT2D eigenvalue weighted by Gasteiger charge is -2.58. The molecule has 0 amide bonds. The van der Waals surface area contributed by atoms with Crippen LogP contribution >= 0.6 is 0 Å². The molecule has 0 aromatic rings. The van der Waals surface area contributed by atoms with E-state index < -0.39 is 33.5 Å². The van der Waals surface area contributed by atoms with Gasteiger partial charge in [0.2, 0.25) is 0 Å². The van der Waals surface area contributed by atoms with E-state index in [1.165, 1.54) is 5.57 Å². The monoisotopic (exact) mass is 492 g/mol. The van der Waals surface area contributed by atoms with Crippen molar-refractivity contribution in [2.75, 3.05) is 6.61 Å². The molecule has 3 fully saturated rings. The molecule has 32 heavy (non-hydrogen) atoms. The van der Waals surface area contributed by atoms with Crippen molar-refractivity contribution < 1.29 is 39.1 Å². The molecule has 3 saturated carbocycles. The molecule has 0 heterocycles. The van der Waals surface area contributed by atoms with Crippen molar-refractivity contribution in [3.8, 4) is 0 Å². The maximum atomic E-state index is 12.8. The SMILES string of the molecule is CC12CCC(OS(=O)(=O)O)CC1=CCC1C2CCC2(C)C(C(=O)COS(=O)(=O)O)CCC12. The van der Waals surface area contributed by atoms with Gasteiger partial charge >= 0.3 is 20.8 Å². The van der Waals surface area contributed by atoms with Gasteiger partial charge in [0.05, 0.1) is 6.10 Å². The number of carbonyl (C=O) groups is 1. The molecule has 182 valence electrons. The van der Waals surface area contributed by atoms with Crippen LogP contribution in [0.15, 0.2) is 11.6 Å². The Labute approximate surface area is 189 Å². The molecule has 0 radical (unpaired) electrons. The molecule has 0 saturated heterocycles. The average molecular weight is 493 g/mol. The van der Waals surface area contributed by atoms with Crippen LogP contribution in [0.3, 0.4) is 0 Å². The second kappa shape index (κ2) is 8.13. The van der Waals surface area contributed by atoms with Crippen molar-refractivity contribution in [3.63, 3.8) is 0 Å². The minimum absolute atomic E-state index is 0.0561. The topological polar surface area (TPSA) is 144 Å². The van der Waals surface area contributed by atoms with Crippen molar-refractivity contribution in [2.24, 2.45) is 34.5 Å². The predicted molar refractivity (Wildman–Crippen MR) is 114 cm³/mol. The van der Waals surface area contributed by atoms with Crippen molar-refractivity contribution in [1.29, 1.82) is 0 Å². The van der Waals surface area contributed by atoms with Gasteiger partial charge in [-0.15, -0.1) is 0 Å². The van der Waals surface area contributed by atoms with E-state index in [0.717, 1.165) is 32.1 Å². The summed E-state index contributed by atoms with van der Waals surface area (Å²) in [5.74, 6) is 0.610. The van der Waals surface area contributed by atoms with E-state index in [1.807, 2.05) is 0 Å². The Morgan fingerprint density at radius 1 is 1.03 bits per heavy atom. The molecule has 0 bridgehead atoms. The maximum absolute atomic E-state index is 12.8. The molecule has 4 aliphatic rings. The van der Waals surface area contributed by atoms with Crippen molar-refractivity contribution in [3.05, 3.63) is 11.6 Å². The molecule has 2 N–H and O–H groups in total. The molecule has 4 aliphatic carbocycles. The van der Waals surface area contributed by atoms with E-state index in [1.54, 1.807) is 0 Å². The normalized spacial score (nSPS) is 41.9. The van der Waals surface area contributed by atoms with Crippen LogP contribution in [0.4, 0.5) is 0 Å². The minimum atomic E-state index is -4.65. The number of ketones is 1. The van der Waals surface area contributed by atoms with Crippen LogP contribution in [0.2, 0.25) is 0 Å². The molecular formula is C21H32O9S2. The molecule has 0 aromatic carbocycles. The van der Waals surface area contributed by atoms with E-state index >= 15 is 0 Å². The van der Waals surface area contributed by atoms with Crippen LogP contribution in [0.5, 0.6) is 0 Å². The van der Waals surface area contributed by atoms with Crippen LogP contribution in [0, 0.1) is 34.5 Å². The van der Waals surface area contributed by atoms with Gasteiger partial charge < -0.3 is 0 Å². The summed E-state index contributed by atoms with van der Waals surface area (Å²) in [5.41, 5.74) is 0.919. The molecule has 0 spiro atoms. The third kappa shape index (κ3) is 4.44. The van der Waals surface area contributed by atoms with E-state index in [9.17, 15) is 21.6 Å². The number of rotatable bonds is 6. The van der Waals surface area contributed by atoms with Gasteiger partial charge in [0.25, 0.3) is 0 Å². The Morgan fingerprint density at radius 3 is 2.41 bits per heavy atom. The van der Waals surface area contributed by atoms with Crippen LogP contribution in [0.1, 0.15) is 65.2 Å². The quantitative estimate of drug-likeness (QED) is 0.422. The summed E-state index contributed by atoms with van der Waals surface area (Å²) in [6, 6.07) is 0. The van der Waals surface area contributed by atoms with E-state index in [0.29, 0.717) is 37.0 Å². The summed E-state index contributed by atoms with van der Waals surface area (Å²) in [4.78, 5) is 12.8. The zero-order valence-electron chi connectivity index (χ0n) is 18.4. The minimum Gasteiger partial charge on any atom is -0.297 e. The zero-order valence-corrected chi connectivity index (χ0v) is 20.0. The molecule has 7 atom stereocenters. The van der Waals surface area contributed by atoms with Crippen LogP contribution in [0.25, 0.3) is 0 Å². The van der Waals surface area contributed by atoms with Crippen LogP contribution < -0.4 is 0 Å². The van der Waals surface area contributed by atoms with Crippen molar-refractivity contribution >= 4 is 26.6 Å². The number of Topliss-reactive ketones (excluding diaryl/α,β-unsaturated/α-hetero) is 1. The fraction of sp³-hybridized carbons (Fsp3) is 0.857. The molecular weight excluding hydrogens is 460 g/mol. The Kier molecular flexibility index (Phi) is 6.17. The number of hydrogen-bond donors (Lipinski definition) is 2. The summed E-state index contributed by atoms with van der Waals surface area (Å²) in [7, 11) is -9.12. The number of allylic oxidation sites excluding steroid dienone is 1. The average Bonchev–Trinajstić information content (AvgIpc) is 3.02. The van der Waals surface area contributed by atoms with Gasteiger partial charge in [-0.05, 0) is 80.0 Å². The lowest BCUT2D eigenvalue weighted by atomic mass is 9.47. The third-order valence-corrected chi connectivity index (χ3v) is 9.99. The largest absolute Gasteiger partial charge is 0.397 e. The Balaban J connectivity index is 1.51. The predicted octanol–water partition coefficient (Wildman–Crippen LogP) is 3.14. The second-order valence-electron chi connectivity index (χ2n) is 10.5. The molecule has 4 rings (SSSR count). The first-order valence-corrected chi connectivity index (χ1v) is 14.0. The highest BCUT2D eigenvalue weighted by Crippen LogP contribution is 2.66. The van der Waals surface area contributed by atoms with E-state index in [4.69, 9.17) is 13.3 Å². The van der Waals surface area contributed by atoms with E-state index in [2.05, 4.69) is 24.1 Å². The van der Waals surface area contributed by atoms with Crippen molar-refractivity contribution in [2.45, 2.75) is 71.3 Å². The summed E-state index contributed by atoms with van der Waals surface area (Å²) < 4.78 is 71.2. The summed E-state index contributed by atoms with van der Waals surface area (Å²) in [5, 5.41) is 0. The highest BCUT2D eigenvalue weighted by Gasteiger charge is 2.59. The first kappa shape index (κ1) is 24.3. The smallest absolute Gasteiger partial charge is 0.297 e. The summed E-state index contributed by atoms with van der Waals surface area (Å²) >= 11 is 0. The van der Waals surface area contributed by atoms with Crippen LogP contribution in [-0.4, -0.2) is 44.4 Å². The second-order valence-corrected chi connectivity index (χ2v) is 12.6. The Hall–Kier alpha value is -0.850. The lowest BCUT2D eigenvalue weighted by Crippen LogP contribution is -2.51. The lowest BCUT2D eigenvalue weighted by molar-refractivity contribution is -0.131. The molecule has 0 aliphatic heterocycles. The van der Waals surface area contributed by atoms with Gasteiger partial charge in [-0.3, -0.25) is 13.9 Å². The van der Waals surface area contributed by atoms with E-state index in [-0.39, 0.29) is 22.5 Å². The molecule has 7 unspecified atom stereocenters. The molecule has 0 aromatic heterocycles. The van der Waals surface area contributed by atoms with Crippen LogP contribution in [-0.2, 0) is 34.0 Å². The highest BCUT2D eigenvalue weighted by molar-refractivity contribution is 7.81. The zero-order chi connectivity index (χ0) is 23.5. The fourth-order valence-corrected chi connectivity index (χ4v) is 8.42. The maximum Gasteiger partial charge on any atom is 0.397 e. The highest BCUT2D eigenvalue weighted by atomic mass is 32.3. The fourth-order valence-electron chi connectivity index (χ4n) is 7.64. The molecule has 11 heteroatoms. The Morgan fingerprint density at radius 2 is 1.75 bits per heavy atom. The van der Waals surface area contributed by atoms with Gasteiger partial charge in [-0.25, -0.2) is 8.37 Å². The first-order chi connectivity index (χ1) is 14.7. The van der Waals surface area contributed by atoms with Gasteiger partial charge in [-0.2, -0.15) is 16.8 Å². The van der Waals surface area contributed by atoms with Gasteiger partial charge in [0.1, 0.15) is 6.61 Å². The number of fused-ring (bicyclic) bond motifs is 5. The summed E-state index contributed by atoms with van der Waals surface area (Å²) in [6.07, 6.45) is 7.76. The standard InChI is InChI=1S/C21H32O9S2/c1-20-9-7-14(30-32(26,27)28)11-13(20)3-4-15-16-5-6-18(19(22)12-29-31(23,24)25)21(16,2)10-8-17(15)20/h3,14-18H,4-12H2,1-2H3,(H,23,24,25)(H,26,27,28). The molecule has 9 nitrogen and oxygen atoms in total. The third-order valence-electron chi connectivity index (χ3n) is 9.06. The summed E-state index contributed by atoms with van der Waals surface area (Å²) in [6.45, 7) is 3.76. The number of carbonyl (C=O) groups excluding carboxylic acids is 1. The Bertz CT molecular complexity index is 1020. The first-order valence-electron chi connectivity index (χ1n) is 11.2. The number of hydrogen-bond acceptors (Lipinski definition) is 7. The van der Waals surface area contributed by atoms with Gasteiger partial charge in [-0.1, -0.05) is 25.5 Å².